The molecule has 0 spiro atoms. The molecule has 0 unspecified atom stereocenters. The number of nitrogens with zero attached hydrogens (tertiary/aromatic N) is 3. The van der Waals surface area contributed by atoms with Crippen molar-refractivity contribution < 1.29 is 4.79 Å². The Hall–Kier alpha value is -1.15. The Morgan fingerprint density at radius 2 is 1.96 bits per heavy atom. The molecule has 5 nitrogen and oxygen atoms in total. The van der Waals surface area contributed by atoms with Crippen molar-refractivity contribution in [3.63, 3.8) is 0 Å². The lowest BCUT2D eigenvalue weighted by Crippen LogP contribution is -2.41. The number of likely N-dealkylation sites (N-methyl/N-ethyl adjacent to an activating group) is 1. The number of carbonyl (C=O) groups excluding carboxylic acids is 1. The van der Waals surface area contributed by atoms with Gasteiger partial charge in [0.15, 0.2) is 0 Å². The molecule has 2 heterocycles. The molecule has 130 valence electrons. The molecular formula is C17H24N4OS2. The molecule has 1 saturated heterocycles. The highest BCUT2D eigenvalue weighted by Gasteiger charge is 2.20. The molecule has 7 heteroatoms. The van der Waals surface area contributed by atoms with E-state index in [4.69, 9.17) is 4.98 Å². The van der Waals surface area contributed by atoms with Crippen LogP contribution in [-0.4, -0.2) is 52.7 Å². The van der Waals surface area contributed by atoms with E-state index in [0.717, 1.165) is 47.1 Å². The number of fused-ring (bicyclic) bond motifs is 1. The van der Waals surface area contributed by atoms with Crippen LogP contribution in [0.1, 0.15) is 25.8 Å². The molecule has 0 saturated carbocycles. The Bertz CT molecular complexity index is 730. The second-order valence-electron chi connectivity index (χ2n) is 7.19. The van der Waals surface area contributed by atoms with Gasteiger partial charge in [-0.25, -0.2) is 9.29 Å². The number of carbonyl (C=O) groups is 1. The number of thiazole rings is 1. The summed E-state index contributed by atoms with van der Waals surface area (Å²) >= 11 is 2.97. The largest absolute Gasteiger partial charge is 0.316 e. The van der Waals surface area contributed by atoms with Gasteiger partial charge in [0.1, 0.15) is 0 Å². The molecule has 0 radical (unpaired) electrons. The molecule has 1 aliphatic rings. The first-order valence-corrected chi connectivity index (χ1v) is 9.74. The van der Waals surface area contributed by atoms with Crippen molar-refractivity contribution in [2.45, 2.75) is 26.2 Å². The van der Waals surface area contributed by atoms with E-state index in [0.29, 0.717) is 0 Å². The lowest BCUT2D eigenvalue weighted by molar-refractivity contribution is 0.232. The lowest BCUT2D eigenvalue weighted by Gasteiger charge is -2.30. The van der Waals surface area contributed by atoms with Crippen LogP contribution in [0.5, 0.6) is 0 Å². The fraction of sp³-hybridized carbons (Fsp3) is 0.529. The number of hydrogen-bond acceptors (Lipinski definition) is 6. The highest BCUT2D eigenvalue weighted by molar-refractivity contribution is 8.11. The average molecular weight is 365 g/mol. The van der Waals surface area contributed by atoms with Gasteiger partial charge in [-0.1, -0.05) is 20.8 Å². The van der Waals surface area contributed by atoms with Crippen LogP contribution in [0, 0.1) is 0 Å². The van der Waals surface area contributed by atoms with Gasteiger partial charge in [0.25, 0.3) is 5.24 Å². The number of piperazine rings is 1. The van der Waals surface area contributed by atoms with Crippen molar-refractivity contribution in [1.82, 2.24) is 14.2 Å². The van der Waals surface area contributed by atoms with Crippen LogP contribution in [0.3, 0.4) is 0 Å². The van der Waals surface area contributed by atoms with Crippen molar-refractivity contribution in [3.8, 4) is 0 Å². The first-order valence-electron chi connectivity index (χ1n) is 8.15. The van der Waals surface area contributed by atoms with Crippen LogP contribution in [-0.2, 0) is 5.41 Å². The molecular weight excluding hydrogens is 340 g/mol. The van der Waals surface area contributed by atoms with Crippen molar-refractivity contribution in [1.29, 1.82) is 0 Å². The van der Waals surface area contributed by atoms with Gasteiger partial charge in [-0.15, -0.1) is 11.3 Å². The lowest BCUT2D eigenvalue weighted by atomic mass is 9.98. The van der Waals surface area contributed by atoms with E-state index in [2.05, 4.69) is 42.3 Å². The fourth-order valence-corrected chi connectivity index (χ4v) is 4.27. The van der Waals surface area contributed by atoms with Gasteiger partial charge < -0.3 is 10.2 Å². The van der Waals surface area contributed by atoms with E-state index in [9.17, 15) is 4.79 Å². The fourth-order valence-electron chi connectivity index (χ4n) is 2.46. The van der Waals surface area contributed by atoms with Crippen LogP contribution in [0.15, 0.2) is 18.2 Å². The molecule has 1 aromatic carbocycles. The van der Waals surface area contributed by atoms with Crippen molar-refractivity contribution in [2.75, 3.05) is 38.5 Å². The van der Waals surface area contributed by atoms with Gasteiger partial charge in [-0.3, -0.25) is 4.79 Å². The van der Waals surface area contributed by atoms with Gasteiger partial charge in [-0.05, 0) is 25.2 Å². The maximum Gasteiger partial charge on any atom is 0.298 e. The van der Waals surface area contributed by atoms with Crippen LogP contribution in [0.25, 0.3) is 10.2 Å². The van der Waals surface area contributed by atoms with Gasteiger partial charge in [0.05, 0.1) is 15.2 Å². The molecule has 0 bridgehead atoms. The van der Waals surface area contributed by atoms with E-state index >= 15 is 0 Å². The summed E-state index contributed by atoms with van der Waals surface area (Å²) < 4.78 is 3.24. The minimum absolute atomic E-state index is 0.0283. The molecule has 3 rings (SSSR count). The first kappa shape index (κ1) is 17.7. The predicted octanol–water partition coefficient (Wildman–Crippen LogP) is 4.02. The quantitative estimate of drug-likeness (QED) is 0.816. The molecule has 0 atom stereocenters. The Morgan fingerprint density at radius 1 is 1.25 bits per heavy atom. The minimum atomic E-state index is -0.0283. The number of aromatic nitrogens is 1. The van der Waals surface area contributed by atoms with E-state index in [1.807, 2.05) is 18.2 Å². The zero-order valence-corrected chi connectivity index (χ0v) is 16.3. The van der Waals surface area contributed by atoms with Gasteiger partial charge in [-0.2, -0.15) is 0 Å². The highest BCUT2D eigenvalue weighted by Crippen LogP contribution is 2.32. The smallest absolute Gasteiger partial charge is 0.298 e. The number of hydrogen-bond donors (Lipinski definition) is 1. The summed E-state index contributed by atoms with van der Waals surface area (Å²) in [5.74, 6) is 0. The van der Waals surface area contributed by atoms with Crippen molar-refractivity contribution in [3.05, 3.63) is 23.2 Å². The number of rotatable bonds is 2. The minimum Gasteiger partial charge on any atom is -0.316 e. The van der Waals surface area contributed by atoms with Gasteiger partial charge in [0.2, 0.25) is 0 Å². The molecule has 24 heavy (non-hydrogen) atoms. The monoisotopic (exact) mass is 364 g/mol. The summed E-state index contributed by atoms with van der Waals surface area (Å²) in [6, 6.07) is 5.93. The molecule has 2 aromatic rings. The Labute approximate surface area is 151 Å². The Kier molecular flexibility index (Phi) is 5.15. The topological polar surface area (TPSA) is 48.5 Å². The number of anilines is 1. The summed E-state index contributed by atoms with van der Waals surface area (Å²) in [5, 5.41) is 4.08. The molecule has 1 N–H and O–H groups in total. The second kappa shape index (κ2) is 7.00. The van der Waals surface area contributed by atoms with Crippen LogP contribution in [0.2, 0.25) is 0 Å². The predicted molar refractivity (Wildman–Crippen MR) is 104 cm³/mol. The standard InChI is InChI=1S/C17H24N4OS2/c1-17(2,3)15-19-13-6-5-12(11-14(13)23-15)18-16(22)24-21-9-7-20(4)8-10-21/h5-6,11H,7-10H2,1-4H3,(H,18,22). The summed E-state index contributed by atoms with van der Waals surface area (Å²) in [6.45, 7) is 10.3. The van der Waals surface area contributed by atoms with Crippen molar-refractivity contribution >= 4 is 44.4 Å². The maximum atomic E-state index is 12.2. The third kappa shape index (κ3) is 4.27. The molecule has 1 amide bonds. The van der Waals surface area contributed by atoms with E-state index in [-0.39, 0.29) is 10.7 Å². The molecule has 1 fully saturated rings. The summed E-state index contributed by atoms with van der Waals surface area (Å²) in [7, 11) is 2.11. The molecule has 1 aromatic heterocycles. The second-order valence-corrected chi connectivity index (χ2v) is 9.29. The SMILES string of the molecule is CN1CCN(SC(=O)Nc2ccc3nc(C(C)(C)C)sc3c2)CC1. The van der Waals surface area contributed by atoms with Crippen LogP contribution in [0.4, 0.5) is 10.5 Å². The zero-order valence-electron chi connectivity index (χ0n) is 14.6. The van der Waals surface area contributed by atoms with Crippen molar-refractivity contribution in [2.24, 2.45) is 0 Å². The van der Waals surface area contributed by atoms with Crippen LogP contribution < -0.4 is 5.32 Å². The van der Waals surface area contributed by atoms with Gasteiger partial charge >= 0.3 is 0 Å². The summed E-state index contributed by atoms with van der Waals surface area (Å²) in [5.41, 5.74) is 1.87. The Morgan fingerprint density at radius 3 is 2.62 bits per heavy atom. The molecule has 0 aliphatic carbocycles. The summed E-state index contributed by atoms with van der Waals surface area (Å²) in [4.78, 5) is 19.2. The normalized spacial score (nSPS) is 17.3. The first-order chi connectivity index (χ1) is 11.3. The van der Waals surface area contributed by atoms with E-state index in [1.165, 1.54) is 11.9 Å². The maximum absolute atomic E-state index is 12.2. The average Bonchev–Trinajstić information content (AvgIpc) is 2.93. The van der Waals surface area contributed by atoms with E-state index < -0.39 is 0 Å². The third-order valence-electron chi connectivity index (χ3n) is 3.95. The number of benzene rings is 1. The zero-order chi connectivity index (χ0) is 17.3. The number of nitrogens with one attached hydrogen (secondary N) is 1. The number of amides is 1. The summed E-state index contributed by atoms with van der Waals surface area (Å²) in [6.07, 6.45) is 0. The van der Waals surface area contributed by atoms with E-state index in [1.54, 1.807) is 11.3 Å². The highest BCUT2D eigenvalue weighted by atomic mass is 32.2. The Balaban J connectivity index is 1.65. The van der Waals surface area contributed by atoms with Gasteiger partial charge in [0, 0.05) is 49.2 Å². The van der Waals surface area contributed by atoms with Crippen LogP contribution >= 0.6 is 23.3 Å². The third-order valence-corrected chi connectivity index (χ3v) is 6.29. The molecule has 1 aliphatic heterocycles.